The summed E-state index contributed by atoms with van der Waals surface area (Å²) >= 11 is 2.04. The van der Waals surface area contributed by atoms with Crippen LogP contribution in [0.4, 0.5) is 5.82 Å². The molecular formula is C23H23IN4O5S. The Morgan fingerprint density at radius 3 is 2.32 bits per heavy atom. The number of nitrogens with two attached hydrogens (primary N) is 1. The van der Waals surface area contributed by atoms with E-state index in [0.29, 0.717) is 23.5 Å². The number of anilines is 1. The van der Waals surface area contributed by atoms with Gasteiger partial charge in [0.05, 0.1) is 4.90 Å². The Morgan fingerprint density at radius 1 is 1.03 bits per heavy atom. The number of nitrogens with zero attached hydrogens (tertiary/aromatic N) is 2. The highest BCUT2D eigenvalue weighted by atomic mass is 127. The molecule has 1 aromatic heterocycles. The van der Waals surface area contributed by atoms with Gasteiger partial charge in [-0.25, -0.2) is 13.4 Å². The SMILES string of the molecule is Nc1cccc(CCN(C[C@H](NS(=O)(=O)c2ccc(I)cc2)C(=O)O)C(=O)c2ccccc2)n1. The fourth-order valence-electron chi connectivity index (χ4n) is 3.18. The van der Waals surface area contributed by atoms with Gasteiger partial charge in [0.2, 0.25) is 10.0 Å². The number of rotatable bonds is 10. The summed E-state index contributed by atoms with van der Waals surface area (Å²) in [6, 6.07) is 17.9. The first-order valence-electron chi connectivity index (χ1n) is 10.2. The zero-order valence-electron chi connectivity index (χ0n) is 18.0. The van der Waals surface area contributed by atoms with Gasteiger partial charge in [0.15, 0.2) is 0 Å². The van der Waals surface area contributed by atoms with Crippen LogP contribution in [0.25, 0.3) is 0 Å². The van der Waals surface area contributed by atoms with Gasteiger partial charge in [-0.3, -0.25) is 9.59 Å². The van der Waals surface area contributed by atoms with Crippen LogP contribution in [0.15, 0.2) is 77.7 Å². The Hall–Kier alpha value is -3.03. The van der Waals surface area contributed by atoms with Gasteiger partial charge in [0, 0.05) is 34.3 Å². The number of carbonyl (C=O) groups is 2. The van der Waals surface area contributed by atoms with Crippen molar-refractivity contribution < 1.29 is 23.1 Å². The van der Waals surface area contributed by atoms with Crippen LogP contribution in [0, 0.1) is 3.57 Å². The fourth-order valence-corrected chi connectivity index (χ4v) is 4.72. The van der Waals surface area contributed by atoms with Crippen LogP contribution in [0.3, 0.4) is 0 Å². The lowest BCUT2D eigenvalue weighted by atomic mass is 10.1. The van der Waals surface area contributed by atoms with Gasteiger partial charge >= 0.3 is 5.97 Å². The number of halogens is 1. The first kappa shape index (κ1) is 25.6. The van der Waals surface area contributed by atoms with E-state index in [9.17, 15) is 23.1 Å². The summed E-state index contributed by atoms with van der Waals surface area (Å²) < 4.78 is 28.6. The summed E-state index contributed by atoms with van der Waals surface area (Å²) in [6.45, 7) is -0.270. The lowest BCUT2D eigenvalue weighted by molar-refractivity contribution is -0.139. The van der Waals surface area contributed by atoms with Crippen molar-refractivity contribution in [2.75, 3.05) is 18.8 Å². The largest absolute Gasteiger partial charge is 0.480 e. The van der Waals surface area contributed by atoms with Crippen LogP contribution < -0.4 is 10.5 Å². The number of pyridine rings is 1. The molecule has 0 spiro atoms. The molecule has 0 aliphatic rings. The Labute approximate surface area is 211 Å². The zero-order valence-corrected chi connectivity index (χ0v) is 20.9. The van der Waals surface area contributed by atoms with Crippen LogP contribution >= 0.6 is 22.6 Å². The van der Waals surface area contributed by atoms with Gasteiger partial charge in [-0.15, -0.1) is 0 Å². The molecule has 4 N–H and O–H groups in total. The molecule has 0 saturated heterocycles. The van der Waals surface area contributed by atoms with Gasteiger partial charge in [-0.05, 0) is 71.1 Å². The van der Waals surface area contributed by atoms with Gasteiger partial charge in [0.25, 0.3) is 5.91 Å². The van der Waals surface area contributed by atoms with E-state index in [1.807, 2.05) is 22.6 Å². The highest BCUT2D eigenvalue weighted by Crippen LogP contribution is 2.14. The molecule has 3 aromatic rings. The average molecular weight is 594 g/mol. The Bertz CT molecular complexity index is 1250. The monoisotopic (exact) mass is 594 g/mol. The second-order valence-electron chi connectivity index (χ2n) is 7.39. The minimum absolute atomic E-state index is 0.0657. The number of sulfonamides is 1. The van der Waals surface area contributed by atoms with Gasteiger partial charge < -0.3 is 15.7 Å². The number of aromatic nitrogens is 1. The molecule has 0 radical (unpaired) electrons. The van der Waals surface area contributed by atoms with Crippen molar-refractivity contribution >= 4 is 50.3 Å². The Balaban J connectivity index is 1.84. The summed E-state index contributed by atoms with van der Waals surface area (Å²) in [6.07, 6.45) is 0.305. The zero-order chi connectivity index (χ0) is 24.7. The third kappa shape index (κ3) is 6.98. The molecular weight excluding hydrogens is 571 g/mol. The van der Waals surface area contributed by atoms with E-state index in [4.69, 9.17) is 5.73 Å². The minimum atomic E-state index is -4.13. The maximum Gasteiger partial charge on any atom is 0.323 e. The normalized spacial score (nSPS) is 12.1. The Kier molecular flexibility index (Phi) is 8.58. The third-order valence-corrected chi connectivity index (χ3v) is 7.10. The van der Waals surface area contributed by atoms with Crippen molar-refractivity contribution in [2.45, 2.75) is 17.4 Å². The van der Waals surface area contributed by atoms with E-state index in [-0.39, 0.29) is 18.0 Å². The Morgan fingerprint density at radius 2 is 1.71 bits per heavy atom. The summed E-state index contributed by atoms with van der Waals surface area (Å²) in [5.41, 5.74) is 6.70. The van der Waals surface area contributed by atoms with Crippen LogP contribution in [0.1, 0.15) is 16.1 Å². The van der Waals surface area contributed by atoms with Crippen molar-refractivity contribution in [3.05, 3.63) is 87.6 Å². The first-order chi connectivity index (χ1) is 16.2. The maximum atomic E-state index is 13.2. The van der Waals surface area contributed by atoms with Gasteiger partial charge in [0.1, 0.15) is 11.9 Å². The number of amides is 1. The first-order valence-corrected chi connectivity index (χ1v) is 12.8. The lowest BCUT2D eigenvalue weighted by Gasteiger charge is -2.26. The number of carboxylic acids is 1. The van der Waals surface area contributed by atoms with E-state index in [2.05, 4.69) is 9.71 Å². The smallest absolute Gasteiger partial charge is 0.323 e. The van der Waals surface area contributed by atoms with Crippen molar-refractivity contribution in [1.29, 1.82) is 0 Å². The number of benzene rings is 2. The van der Waals surface area contributed by atoms with E-state index in [1.165, 1.54) is 17.0 Å². The molecule has 0 aliphatic carbocycles. The fraction of sp³-hybridized carbons (Fsp3) is 0.174. The molecule has 0 unspecified atom stereocenters. The molecule has 0 fully saturated rings. The molecule has 0 saturated carbocycles. The van der Waals surface area contributed by atoms with Crippen LogP contribution in [-0.2, 0) is 21.2 Å². The molecule has 178 valence electrons. The number of nitrogens with one attached hydrogen (secondary N) is 1. The molecule has 3 rings (SSSR count). The predicted molar refractivity (Wildman–Crippen MR) is 136 cm³/mol. The third-order valence-electron chi connectivity index (χ3n) is 4.90. The number of carbonyl (C=O) groups excluding carboxylic acids is 1. The van der Waals surface area contributed by atoms with E-state index in [1.54, 1.807) is 60.7 Å². The van der Waals surface area contributed by atoms with E-state index >= 15 is 0 Å². The summed E-state index contributed by atoms with van der Waals surface area (Å²) in [4.78, 5) is 30.6. The van der Waals surface area contributed by atoms with Gasteiger partial charge in [-0.1, -0.05) is 24.3 Å². The number of carboxylic acid groups (broad SMARTS) is 1. The van der Waals surface area contributed by atoms with Crippen molar-refractivity contribution in [2.24, 2.45) is 0 Å². The summed E-state index contributed by atoms with van der Waals surface area (Å²) in [5, 5.41) is 9.76. The van der Waals surface area contributed by atoms with Crippen LogP contribution in [-0.4, -0.2) is 54.4 Å². The van der Waals surface area contributed by atoms with Gasteiger partial charge in [-0.2, -0.15) is 4.72 Å². The van der Waals surface area contributed by atoms with E-state index in [0.717, 1.165) is 3.57 Å². The minimum Gasteiger partial charge on any atom is -0.480 e. The molecule has 2 aromatic carbocycles. The van der Waals surface area contributed by atoms with Crippen molar-refractivity contribution in [3.63, 3.8) is 0 Å². The number of aliphatic carboxylic acids is 1. The number of hydrogen-bond donors (Lipinski definition) is 3. The summed E-state index contributed by atoms with van der Waals surface area (Å²) in [5.74, 6) is -1.50. The average Bonchev–Trinajstić information content (AvgIpc) is 2.81. The molecule has 0 bridgehead atoms. The maximum absolute atomic E-state index is 13.2. The molecule has 11 heteroatoms. The topological polar surface area (TPSA) is 143 Å². The predicted octanol–water partition coefficient (Wildman–Crippen LogP) is 2.39. The highest BCUT2D eigenvalue weighted by Gasteiger charge is 2.29. The highest BCUT2D eigenvalue weighted by molar-refractivity contribution is 14.1. The molecule has 9 nitrogen and oxygen atoms in total. The molecule has 34 heavy (non-hydrogen) atoms. The number of nitrogen functional groups attached to an aromatic ring is 1. The quantitative estimate of drug-likeness (QED) is 0.306. The summed E-state index contributed by atoms with van der Waals surface area (Å²) in [7, 11) is -4.13. The number of hydrogen-bond acceptors (Lipinski definition) is 6. The lowest BCUT2D eigenvalue weighted by Crippen LogP contribution is -2.50. The second-order valence-corrected chi connectivity index (χ2v) is 10.3. The molecule has 0 aliphatic heterocycles. The molecule has 1 amide bonds. The van der Waals surface area contributed by atoms with Crippen molar-refractivity contribution in [1.82, 2.24) is 14.6 Å². The second kappa shape index (κ2) is 11.4. The van der Waals surface area contributed by atoms with Crippen LogP contribution in [0.2, 0.25) is 0 Å². The van der Waals surface area contributed by atoms with E-state index < -0.39 is 27.9 Å². The molecule has 1 heterocycles. The molecule has 1 atom stereocenters. The van der Waals surface area contributed by atoms with Crippen molar-refractivity contribution in [3.8, 4) is 0 Å². The standard InChI is InChI=1S/C23H23IN4O5S/c24-17-9-11-19(12-10-17)34(32,33)27-20(23(30)31)15-28(22(29)16-5-2-1-3-6-16)14-13-18-7-4-8-21(25)26-18/h1-12,20,27H,13-15H2,(H2,25,26)(H,30,31)/t20-/m0/s1. The van der Waals surface area contributed by atoms with Crippen LogP contribution in [0.5, 0.6) is 0 Å².